The number of rotatable bonds is 3. The van der Waals surface area contributed by atoms with Crippen LogP contribution in [0.3, 0.4) is 0 Å². The van der Waals surface area contributed by atoms with Gasteiger partial charge in [-0.1, -0.05) is 6.92 Å². The molecule has 1 aromatic rings. The summed E-state index contributed by atoms with van der Waals surface area (Å²) in [5.74, 6) is 1.48. The van der Waals surface area contributed by atoms with E-state index in [1.54, 1.807) is 11.3 Å². The molecule has 1 aromatic heterocycles. The van der Waals surface area contributed by atoms with E-state index < -0.39 is 0 Å². The van der Waals surface area contributed by atoms with Crippen molar-refractivity contribution >= 4 is 23.2 Å². The second-order valence-corrected chi connectivity index (χ2v) is 9.31. The van der Waals surface area contributed by atoms with E-state index in [1.165, 1.54) is 0 Å². The third-order valence-electron chi connectivity index (χ3n) is 6.33. The molecule has 1 aliphatic carbocycles. The van der Waals surface area contributed by atoms with E-state index in [4.69, 9.17) is 0 Å². The van der Waals surface area contributed by atoms with Gasteiger partial charge in [0.2, 0.25) is 11.8 Å². The Bertz CT molecular complexity index is 678. The van der Waals surface area contributed by atoms with Crippen molar-refractivity contribution in [3.05, 3.63) is 16.1 Å². The molecule has 2 aliphatic heterocycles. The predicted molar refractivity (Wildman–Crippen MR) is 97.0 cm³/mol. The molecule has 5 nitrogen and oxygen atoms in total. The van der Waals surface area contributed by atoms with Gasteiger partial charge in [0, 0.05) is 37.4 Å². The van der Waals surface area contributed by atoms with Gasteiger partial charge in [0.25, 0.3) is 0 Å². The van der Waals surface area contributed by atoms with Crippen molar-refractivity contribution < 1.29 is 9.59 Å². The second-order valence-electron chi connectivity index (χ2n) is 8.25. The molecule has 4 rings (SSSR count). The summed E-state index contributed by atoms with van der Waals surface area (Å²) in [6, 6.07) is 0. The Hall–Kier alpha value is -1.43. The Kier molecular flexibility index (Phi) is 4.34. The Morgan fingerprint density at radius 1 is 1.36 bits per heavy atom. The van der Waals surface area contributed by atoms with Gasteiger partial charge in [0.15, 0.2) is 0 Å². The third kappa shape index (κ3) is 3.46. The van der Waals surface area contributed by atoms with Gasteiger partial charge < -0.3 is 9.80 Å². The van der Waals surface area contributed by atoms with Crippen LogP contribution >= 0.6 is 11.3 Å². The zero-order valence-electron chi connectivity index (χ0n) is 15.2. The van der Waals surface area contributed by atoms with Gasteiger partial charge in [-0.2, -0.15) is 0 Å². The summed E-state index contributed by atoms with van der Waals surface area (Å²) in [4.78, 5) is 33.4. The van der Waals surface area contributed by atoms with Crippen LogP contribution in [-0.4, -0.2) is 46.2 Å². The van der Waals surface area contributed by atoms with Crippen LogP contribution in [0.25, 0.3) is 0 Å². The maximum Gasteiger partial charge on any atom is 0.225 e. The predicted octanol–water partition coefficient (Wildman–Crippen LogP) is 2.84. The van der Waals surface area contributed by atoms with Crippen molar-refractivity contribution in [1.29, 1.82) is 0 Å². The summed E-state index contributed by atoms with van der Waals surface area (Å²) in [5.41, 5.74) is 1.20. The molecular formula is C19H27N3O2S. The number of piperidine rings is 2. The number of carbonyl (C=O) groups excluding carboxylic acids is 2. The first kappa shape index (κ1) is 17.0. The zero-order chi connectivity index (χ0) is 17.6. The number of nitrogens with zero attached hydrogens (tertiary/aromatic N) is 3. The van der Waals surface area contributed by atoms with Crippen molar-refractivity contribution in [2.24, 2.45) is 17.3 Å². The molecule has 3 fully saturated rings. The highest BCUT2D eigenvalue weighted by atomic mass is 32.1. The van der Waals surface area contributed by atoms with Crippen LogP contribution in [0.1, 0.15) is 49.7 Å². The maximum atomic E-state index is 12.5. The molecule has 136 valence electrons. The van der Waals surface area contributed by atoms with Crippen molar-refractivity contribution in [3.8, 4) is 0 Å². The minimum atomic E-state index is 0.199. The first-order valence-electron chi connectivity index (χ1n) is 9.43. The van der Waals surface area contributed by atoms with E-state index in [2.05, 4.69) is 22.2 Å². The number of likely N-dealkylation sites (tertiary alicyclic amines) is 2. The molecule has 3 aliphatic rings. The molecule has 2 saturated heterocycles. The van der Waals surface area contributed by atoms with Gasteiger partial charge in [-0.05, 0) is 43.9 Å². The van der Waals surface area contributed by atoms with E-state index >= 15 is 0 Å². The lowest BCUT2D eigenvalue weighted by Crippen LogP contribution is -2.52. The Balaban J connectivity index is 1.37. The van der Waals surface area contributed by atoms with Gasteiger partial charge >= 0.3 is 0 Å². The SMILES string of the molecule is Cc1nc(CN2CC3(CCC2=O)CCN(C(=O)[C@@H]2C[C@@H]2C)CC3)cs1. The van der Waals surface area contributed by atoms with Crippen molar-refractivity contribution in [2.75, 3.05) is 19.6 Å². The second kappa shape index (κ2) is 6.38. The fraction of sp³-hybridized carbons (Fsp3) is 0.737. The van der Waals surface area contributed by atoms with Crippen LogP contribution in [0.4, 0.5) is 0 Å². The molecule has 1 saturated carbocycles. The maximum absolute atomic E-state index is 12.5. The molecule has 25 heavy (non-hydrogen) atoms. The minimum Gasteiger partial charge on any atom is -0.342 e. The van der Waals surface area contributed by atoms with E-state index in [0.29, 0.717) is 24.8 Å². The number of aromatic nitrogens is 1. The summed E-state index contributed by atoms with van der Waals surface area (Å²) in [6.07, 6.45) is 4.73. The summed E-state index contributed by atoms with van der Waals surface area (Å²) in [7, 11) is 0. The molecule has 0 bridgehead atoms. The van der Waals surface area contributed by atoms with Crippen LogP contribution in [0, 0.1) is 24.2 Å². The summed E-state index contributed by atoms with van der Waals surface area (Å²) in [6.45, 7) is 7.34. The summed E-state index contributed by atoms with van der Waals surface area (Å²) in [5, 5.41) is 3.11. The molecule has 0 radical (unpaired) electrons. The first-order valence-corrected chi connectivity index (χ1v) is 10.3. The van der Waals surface area contributed by atoms with Gasteiger partial charge in [0.05, 0.1) is 17.2 Å². The summed E-state index contributed by atoms with van der Waals surface area (Å²) < 4.78 is 0. The first-order chi connectivity index (χ1) is 12.0. The minimum absolute atomic E-state index is 0.199. The van der Waals surface area contributed by atoms with E-state index in [-0.39, 0.29) is 17.2 Å². The highest BCUT2D eigenvalue weighted by Crippen LogP contribution is 2.43. The van der Waals surface area contributed by atoms with Crippen LogP contribution < -0.4 is 0 Å². The lowest BCUT2D eigenvalue weighted by molar-refractivity contribution is -0.143. The van der Waals surface area contributed by atoms with E-state index in [0.717, 1.165) is 56.0 Å². The molecule has 2 atom stereocenters. The molecule has 0 aromatic carbocycles. The number of thiazole rings is 1. The van der Waals surface area contributed by atoms with Crippen molar-refractivity contribution in [2.45, 2.75) is 52.5 Å². The molecular weight excluding hydrogens is 334 g/mol. The van der Waals surface area contributed by atoms with Gasteiger partial charge in [-0.3, -0.25) is 9.59 Å². The number of carbonyl (C=O) groups is 2. The smallest absolute Gasteiger partial charge is 0.225 e. The highest BCUT2D eigenvalue weighted by Gasteiger charge is 2.45. The number of hydrogen-bond acceptors (Lipinski definition) is 4. The van der Waals surface area contributed by atoms with Crippen LogP contribution in [-0.2, 0) is 16.1 Å². The van der Waals surface area contributed by atoms with Crippen LogP contribution in [0.2, 0.25) is 0 Å². The van der Waals surface area contributed by atoms with Crippen molar-refractivity contribution in [1.82, 2.24) is 14.8 Å². The van der Waals surface area contributed by atoms with Crippen molar-refractivity contribution in [3.63, 3.8) is 0 Å². The molecule has 6 heteroatoms. The average molecular weight is 362 g/mol. The Morgan fingerprint density at radius 3 is 2.68 bits per heavy atom. The number of amides is 2. The molecule has 1 spiro atoms. The monoisotopic (exact) mass is 361 g/mol. The van der Waals surface area contributed by atoms with Crippen LogP contribution in [0.5, 0.6) is 0 Å². The lowest BCUT2D eigenvalue weighted by Gasteiger charge is -2.47. The Morgan fingerprint density at radius 2 is 2.08 bits per heavy atom. The summed E-state index contributed by atoms with van der Waals surface area (Å²) >= 11 is 1.64. The van der Waals surface area contributed by atoms with Crippen LogP contribution in [0.15, 0.2) is 5.38 Å². The highest BCUT2D eigenvalue weighted by molar-refractivity contribution is 7.09. The Labute approximate surface area is 153 Å². The number of hydrogen-bond donors (Lipinski definition) is 0. The largest absolute Gasteiger partial charge is 0.342 e. The topological polar surface area (TPSA) is 53.5 Å². The van der Waals surface area contributed by atoms with Gasteiger partial charge in [0.1, 0.15) is 0 Å². The quantitative estimate of drug-likeness (QED) is 0.832. The molecule has 2 amide bonds. The van der Waals surface area contributed by atoms with E-state index in [9.17, 15) is 9.59 Å². The van der Waals surface area contributed by atoms with Gasteiger partial charge in [-0.15, -0.1) is 11.3 Å². The fourth-order valence-electron chi connectivity index (χ4n) is 4.43. The van der Waals surface area contributed by atoms with E-state index in [1.807, 2.05) is 11.8 Å². The van der Waals surface area contributed by atoms with Gasteiger partial charge in [-0.25, -0.2) is 4.98 Å². The normalized spacial score (nSPS) is 28.5. The molecule has 0 N–H and O–H groups in total. The number of aryl methyl sites for hydroxylation is 1. The standard InChI is InChI=1S/C19H27N3O2S/c1-13-9-16(13)18(24)21-7-5-19(6-8-21)4-3-17(23)22(12-19)10-15-11-25-14(2)20-15/h11,13,16H,3-10,12H2,1-2H3/t13-,16+/m0/s1. The average Bonchev–Trinajstić information content (AvgIpc) is 3.19. The third-order valence-corrected chi connectivity index (χ3v) is 7.15. The lowest BCUT2D eigenvalue weighted by atomic mass is 9.72. The molecule has 3 heterocycles. The fourth-order valence-corrected chi connectivity index (χ4v) is 5.04. The zero-order valence-corrected chi connectivity index (χ0v) is 16.0. The molecule has 0 unspecified atom stereocenters.